The van der Waals surface area contributed by atoms with Crippen molar-refractivity contribution in [3.05, 3.63) is 34.3 Å². The second kappa shape index (κ2) is 6.59. The van der Waals surface area contributed by atoms with Crippen LogP contribution in [0.15, 0.2) is 28.7 Å². The molecule has 1 atom stereocenters. The number of aliphatic hydroxyl groups is 1. The Kier molecular flexibility index (Phi) is 5.41. The summed E-state index contributed by atoms with van der Waals surface area (Å²) in [5.41, 5.74) is 8.09. The first-order valence-electron chi connectivity index (χ1n) is 4.66. The Morgan fingerprint density at radius 2 is 2.38 bits per heavy atom. The Morgan fingerprint density at radius 1 is 1.62 bits per heavy atom. The molecule has 5 nitrogen and oxygen atoms in total. The van der Waals surface area contributed by atoms with Crippen LogP contribution < -0.4 is 11.2 Å². The van der Waals surface area contributed by atoms with E-state index in [1.54, 1.807) is 12.1 Å². The monoisotopic (exact) mass is 288 g/mol. The fraction of sp³-hybridized carbons (Fsp3) is 0.300. The van der Waals surface area contributed by atoms with Gasteiger partial charge in [0.05, 0.1) is 12.6 Å². The van der Waals surface area contributed by atoms with E-state index in [0.29, 0.717) is 0 Å². The predicted molar refractivity (Wildman–Crippen MR) is 62.3 cm³/mol. The zero-order valence-electron chi connectivity index (χ0n) is 8.52. The summed E-state index contributed by atoms with van der Waals surface area (Å²) in [6, 6.07) is 7.30. The molecule has 0 heterocycles. The average molecular weight is 289 g/mol. The molecule has 0 radical (unpaired) electrons. The van der Waals surface area contributed by atoms with E-state index in [0.717, 1.165) is 10.0 Å². The fourth-order valence-electron chi connectivity index (χ4n) is 1.09. The van der Waals surface area contributed by atoms with Crippen molar-refractivity contribution in [2.75, 3.05) is 13.2 Å². The molecule has 0 saturated carbocycles. The average Bonchev–Trinajstić information content (AvgIpc) is 2.24. The van der Waals surface area contributed by atoms with Crippen LogP contribution in [0.1, 0.15) is 11.7 Å². The minimum Gasteiger partial charge on any atom is -0.387 e. The van der Waals surface area contributed by atoms with Crippen molar-refractivity contribution >= 4 is 21.8 Å². The molecule has 0 saturated heterocycles. The summed E-state index contributed by atoms with van der Waals surface area (Å²) in [6.45, 7) is -0.0328. The topological polar surface area (TPSA) is 84.6 Å². The Balaban J connectivity index is 2.35. The van der Waals surface area contributed by atoms with Crippen LogP contribution in [0, 0.1) is 0 Å². The third-order valence-electron chi connectivity index (χ3n) is 1.83. The molecule has 4 N–H and O–H groups in total. The van der Waals surface area contributed by atoms with E-state index < -0.39 is 12.0 Å². The highest BCUT2D eigenvalue weighted by Gasteiger charge is 2.07. The summed E-state index contributed by atoms with van der Waals surface area (Å²) in [6.07, 6.45) is -0.703. The van der Waals surface area contributed by atoms with Gasteiger partial charge in [-0.05, 0) is 17.7 Å². The van der Waals surface area contributed by atoms with Gasteiger partial charge in [0.2, 0.25) is 5.91 Å². The number of rotatable bonds is 6. The molecule has 1 aromatic carbocycles. The Morgan fingerprint density at radius 3 is 3.00 bits per heavy atom. The second-order valence-electron chi connectivity index (χ2n) is 3.17. The summed E-state index contributed by atoms with van der Waals surface area (Å²) in [7, 11) is 0. The van der Waals surface area contributed by atoms with Gasteiger partial charge in [-0.1, -0.05) is 28.1 Å². The predicted octanol–water partition coefficient (Wildman–Crippen LogP) is 0.489. The maximum absolute atomic E-state index is 10.3. The lowest BCUT2D eigenvalue weighted by Crippen LogP contribution is -2.27. The number of carbonyl (C=O) groups excluding carboxylic acids is 1. The Hall–Kier alpha value is -0.950. The number of benzene rings is 1. The van der Waals surface area contributed by atoms with Crippen LogP contribution in [0.4, 0.5) is 0 Å². The summed E-state index contributed by atoms with van der Waals surface area (Å²) in [5.74, 6) is -0.565. The molecule has 1 amide bonds. The number of aliphatic hydroxyl groups excluding tert-OH is 1. The van der Waals surface area contributed by atoms with E-state index in [-0.39, 0.29) is 13.2 Å². The number of amides is 1. The van der Waals surface area contributed by atoms with E-state index >= 15 is 0 Å². The van der Waals surface area contributed by atoms with Crippen LogP contribution in [0.2, 0.25) is 0 Å². The minimum atomic E-state index is -0.703. The van der Waals surface area contributed by atoms with Crippen molar-refractivity contribution in [1.82, 2.24) is 5.48 Å². The standard InChI is InChI=1S/C10H13BrN2O3/c11-8-3-1-2-7(4-8)9(14)5-13-16-6-10(12)15/h1-4,9,13-14H,5-6H2,(H2,12,15). The van der Waals surface area contributed by atoms with Crippen LogP contribution in [0.3, 0.4) is 0 Å². The van der Waals surface area contributed by atoms with Crippen LogP contribution in [-0.2, 0) is 9.63 Å². The lowest BCUT2D eigenvalue weighted by atomic mass is 10.1. The van der Waals surface area contributed by atoms with E-state index in [1.165, 1.54) is 0 Å². The number of nitrogens with one attached hydrogen (secondary N) is 1. The van der Waals surface area contributed by atoms with Crippen molar-refractivity contribution in [3.8, 4) is 0 Å². The van der Waals surface area contributed by atoms with Gasteiger partial charge in [0.15, 0.2) is 0 Å². The lowest BCUT2D eigenvalue weighted by Gasteiger charge is -2.11. The fourth-order valence-corrected chi connectivity index (χ4v) is 1.51. The zero-order chi connectivity index (χ0) is 12.0. The normalized spacial score (nSPS) is 12.4. The molecule has 0 aliphatic rings. The third kappa shape index (κ3) is 4.71. The largest absolute Gasteiger partial charge is 0.387 e. The first kappa shape index (κ1) is 13.1. The number of primary amides is 1. The molecule has 6 heteroatoms. The summed E-state index contributed by atoms with van der Waals surface area (Å²) < 4.78 is 0.891. The highest BCUT2D eigenvalue weighted by atomic mass is 79.9. The van der Waals surface area contributed by atoms with Gasteiger partial charge in [0.25, 0.3) is 0 Å². The summed E-state index contributed by atoms with van der Waals surface area (Å²) >= 11 is 3.31. The molecular formula is C10H13BrN2O3. The minimum absolute atomic E-state index is 0.184. The van der Waals surface area contributed by atoms with E-state index in [2.05, 4.69) is 21.4 Å². The van der Waals surface area contributed by atoms with Crippen molar-refractivity contribution in [2.45, 2.75) is 6.10 Å². The molecule has 16 heavy (non-hydrogen) atoms. The summed E-state index contributed by atoms with van der Waals surface area (Å²) in [4.78, 5) is 15.1. The quantitative estimate of drug-likeness (QED) is 0.525. The van der Waals surface area contributed by atoms with E-state index in [9.17, 15) is 9.90 Å². The SMILES string of the molecule is NC(=O)CONCC(O)c1cccc(Br)c1. The van der Waals surface area contributed by atoms with Crippen LogP contribution >= 0.6 is 15.9 Å². The van der Waals surface area contributed by atoms with Crippen molar-refractivity contribution < 1.29 is 14.7 Å². The third-order valence-corrected chi connectivity index (χ3v) is 2.32. The number of hydroxylamine groups is 1. The van der Waals surface area contributed by atoms with Gasteiger partial charge in [-0.2, -0.15) is 5.48 Å². The van der Waals surface area contributed by atoms with Gasteiger partial charge >= 0.3 is 0 Å². The van der Waals surface area contributed by atoms with Gasteiger partial charge in [-0.3, -0.25) is 9.63 Å². The van der Waals surface area contributed by atoms with Gasteiger partial charge in [-0.15, -0.1) is 0 Å². The first-order chi connectivity index (χ1) is 7.59. The zero-order valence-corrected chi connectivity index (χ0v) is 10.1. The van der Waals surface area contributed by atoms with Crippen LogP contribution in [0.5, 0.6) is 0 Å². The molecule has 1 aromatic rings. The highest BCUT2D eigenvalue weighted by molar-refractivity contribution is 9.10. The summed E-state index contributed by atoms with van der Waals surface area (Å²) in [5, 5.41) is 9.73. The van der Waals surface area contributed by atoms with Gasteiger partial charge in [0, 0.05) is 4.47 Å². The van der Waals surface area contributed by atoms with Gasteiger partial charge < -0.3 is 10.8 Å². The van der Waals surface area contributed by atoms with Gasteiger partial charge in [0.1, 0.15) is 6.61 Å². The molecule has 0 bridgehead atoms. The molecule has 1 rings (SSSR count). The molecule has 88 valence electrons. The molecule has 0 aliphatic heterocycles. The number of carbonyl (C=O) groups is 1. The molecular weight excluding hydrogens is 276 g/mol. The highest BCUT2D eigenvalue weighted by Crippen LogP contribution is 2.17. The number of hydrogen-bond donors (Lipinski definition) is 3. The maximum atomic E-state index is 10.3. The number of nitrogens with two attached hydrogens (primary N) is 1. The molecule has 1 unspecified atom stereocenters. The Labute approximate surface area is 102 Å². The lowest BCUT2D eigenvalue weighted by molar-refractivity contribution is -0.125. The van der Waals surface area contributed by atoms with Crippen molar-refractivity contribution in [3.63, 3.8) is 0 Å². The molecule has 0 aromatic heterocycles. The van der Waals surface area contributed by atoms with Crippen molar-refractivity contribution in [1.29, 1.82) is 0 Å². The number of hydrogen-bond acceptors (Lipinski definition) is 4. The van der Waals surface area contributed by atoms with Crippen molar-refractivity contribution in [2.24, 2.45) is 5.73 Å². The number of halogens is 1. The molecule has 0 aliphatic carbocycles. The van der Waals surface area contributed by atoms with E-state index in [4.69, 9.17) is 10.6 Å². The van der Waals surface area contributed by atoms with Crippen LogP contribution in [0.25, 0.3) is 0 Å². The maximum Gasteiger partial charge on any atom is 0.245 e. The smallest absolute Gasteiger partial charge is 0.245 e. The Bertz CT molecular complexity index is 360. The van der Waals surface area contributed by atoms with Crippen LogP contribution in [-0.4, -0.2) is 24.2 Å². The molecule has 0 fully saturated rings. The first-order valence-corrected chi connectivity index (χ1v) is 5.45. The molecule has 0 spiro atoms. The van der Waals surface area contributed by atoms with E-state index in [1.807, 2.05) is 12.1 Å². The second-order valence-corrected chi connectivity index (χ2v) is 4.09. The van der Waals surface area contributed by atoms with Gasteiger partial charge in [-0.25, -0.2) is 0 Å².